The van der Waals surface area contributed by atoms with Crippen LogP contribution in [0.4, 0.5) is 10.1 Å². The van der Waals surface area contributed by atoms with Crippen molar-refractivity contribution in [1.82, 2.24) is 10.3 Å². The van der Waals surface area contributed by atoms with Gasteiger partial charge < -0.3 is 0 Å². The molecule has 1 N–H and O–H groups in total. The number of amides is 2. The average molecular weight is 543 g/mol. The van der Waals surface area contributed by atoms with E-state index in [1.54, 1.807) is 22.4 Å². The molecule has 5 atom stereocenters. The molecule has 2 aromatic rings. The number of hydrogen-bond acceptors (Lipinski definition) is 4. The minimum absolute atomic E-state index is 0.0272. The van der Waals surface area contributed by atoms with Gasteiger partial charge in [-0.3, -0.25) is 0 Å². The van der Waals surface area contributed by atoms with Crippen LogP contribution in [0.3, 0.4) is 0 Å². The van der Waals surface area contributed by atoms with Crippen LogP contribution < -0.4 is 10.2 Å². The first kappa shape index (κ1) is 18.1. The number of fused-ring (bicyclic) bond motifs is 10. The van der Waals surface area contributed by atoms with Crippen molar-refractivity contribution in [3.8, 4) is 12.3 Å². The molecule has 10 saturated heterocycles. The van der Waals surface area contributed by atoms with Crippen LogP contribution >= 0.6 is 11.3 Å². The second-order valence-corrected chi connectivity index (χ2v) is 40.7. The van der Waals surface area contributed by atoms with Gasteiger partial charge in [0.05, 0.1) is 0 Å². The topological polar surface area (TPSA) is 62.3 Å². The standard InChI is InChI=1S/C23H21FN3O2S.C5H5.Fe/c1-5-19-25-18(14-30-19)22(29)27(17-12-10-16(24)11-13-17)20(15-8-6-7-9-15)21(28)26-23(2,3)4;1-2-4-5-3-1;/h1,6-14,20H,2-4H3,(H,26,28);1-5H;. The van der Waals surface area contributed by atoms with E-state index in [0.29, 0.717) is 10.7 Å². The zero-order valence-electron chi connectivity index (χ0n) is 20.1. The first-order valence-electron chi connectivity index (χ1n) is 12.9. The molecule has 11 heterocycles. The molecule has 0 aliphatic carbocycles. The number of benzene rings is 1. The van der Waals surface area contributed by atoms with Gasteiger partial charge in [-0.1, -0.05) is 0 Å². The summed E-state index contributed by atoms with van der Waals surface area (Å²) in [4.78, 5) is 43.6. The molecule has 1 aromatic carbocycles. The van der Waals surface area contributed by atoms with Gasteiger partial charge >= 0.3 is 203 Å². The summed E-state index contributed by atoms with van der Waals surface area (Å²) in [7, 11) is 0. The molecule has 186 valence electrons. The van der Waals surface area contributed by atoms with E-state index in [-0.39, 0.29) is 27.6 Å². The van der Waals surface area contributed by atoms with Gasteiger partial charge in [-0.2, -0.15) is 0 Å². The number of hydrogen-bond donors (Lipinski definition) is 1. The number of anilines is 1. The minimum atomic E-state index is -3.87. The van der Waals surface area contributed by atoms with Gasteiger partial charge in [0.25, 0.3) is 0 Å². The summed E-state index contributed by atoms with van der Waals surface area (Å²) < 4.78 is 14.1. The molecule has 0 saturated carbocycles. The molecule has 0 bridgehead atoms. The molecule has 8 heteroatoms. The number of thiazole rings is 1. The first-order chi connectivity index (χ1) is 16.9. The summed E-state index contributed by atoms with van der Waals surface area (Å²) in [5.41, 5.74) is 0.442. The quantitative estimate of drug-likeness (QED) is 0.375. The molecule has 5 nitrogen and oxygen atoms in total. The van der Waals surface area contributed by atoms with E-state index in [9.17, 15) is 14.0 Å². The molecule has 10 aliphatic heterocycles. The fourth-order valence-corrected chi connectivity index (χ4v) is 95.0. The number of aromatic nitrogens is 1. The second-order valence-electron chi connectivity index (χ2n) is 16.2. The fourth-order valence-electron chi connectivity index (χ4n) is 19.6. The number of nitrogens with zero attached hydrogens (tertiary/aromatic N) is 2. The fraction of sp³-hybridized carbons (Fsp3) is 0.536. The van der Waals surface area contributed by atoms with Gasteiger partial charge in [-0.25, -0.2) is 0 Å². The Labute approximate surface area is 202 Å². The van der Waals surface area contributed by atoms with E-state index in [0.717, 1.165) is 43.3 Å². The van der Waals surface area contributed by atoms with Crippen molar-refractivity contribution in [3.05, 3.63) is 46.2 Å². The Morgan fingerprint density at radius 2 is 1.69 bits per heavy atom. The molecule has 10 fully saturated rings. The maximum atomic E-state index is 14.5. The maximum absolute atomic E-state index is 14.5. The Balaban J connectivity index is 1.11. The molecular formula is C28H26FFeN3O2S. The molecule has 10 aliphatic rings. The van der Waals surface area contributed by atoms with Crippen LogP contribution in [0.1, 0.15) is 36.3 Å². The van der Waals surface area contributed by atoms with Crippen molar-refractivity contribution in [2.24, 2.45) is 0 Å². The molecule has 5 unspecified atom stereocenters. The van der Waals surface area contributed by atoms with Crippen LogP contribution in [-0.4, -0.2) is 28.4 Å². The Kier molecular flexibility index (Phi) is 1.27. The van der Waals surface area contributed by atoms with Crippen LogP contribution in [0.2, 0.25) is 47.7 Å². The molecule has 1 spiro atoms. The van der Waals surface area contributed by atoms with E-state index in [2.05, 4.69) is 16.2 Å². The number of terminal acetylenes is 1. The van der Waals surface area contributed by atoms with Crippen molar-refractivity contribution in [3.63, 3.8) is 0 Å². The van der Waals surface area contributed by atoms with Gasteiger partial charge in [-0.15, -0.1) is 0 Å². The predicted octanol–water partition coefficient (Wildman–Crippen LogP) is 5.95. The number of carbonyl (C=O) groups is 2. The third-order valence-corrected chi connectivity index (χ3v) is 61.8. The van der Waals surface area contributed by atoms with Crippen LogP contribution in [0.5, 0.6) is 0 Å². The number of carbonyl (C=O) groups excluding carboxylic acids is 2. The van der Waals surface area contributed by atoms with Crippen molar-refractivity contribution < 1.29 is 20.5 Å². The summed E-state index contributed by atoms with van der Waals surface area (Å²) in [6.45, 7) is 2.14. The molecule has 0 radical (unpaired) electrons. The second kappa shape index (κ2) is 2.52. The van der Waals surface area contributed by atoms with Crippen molar-refractivity contribution in [2.75, 3.05) is 4.90 Å². The monoisotopic (exact) mass is 543 g/mol. The summed E-state index contributed by atoms with van der Waals surface area (Å²) in [6, 6.07) is 5.56. The summed E-state index contributed by atoms with van der Waals surface area (Å²) in [6.07, 6.45) is 5.57. The van der Waals surface area contributed by atoms with Gasteiger partial charge in [0, 0.05) is 0 Å². The summed E-state index contributed by atoms with van der Waals surface area (Å²) >= 11 is 1.27. The molecule has 1 aromatic heterocycles. The molecule has 2 amide bonds. The molecular weight excluding hydrogens is 517 g/mol. The summed E-state index contributed by atoms with van der Waals surface area (Å²) in [5, 5.41) is 5.45. The number of rotatable bonds is 5. The van der Waals surface area contributed by atoms with E-state index in [1.807, 2.05) is 20.8 Å². The average Bonchev–Trinajstić information content (AvgIpc) is 3.71. The van der Waals surface area contributed by atoms with Crippen LogP contribution in [0.25, 0.3) is 0 Å². The Hall–Kier alpha value is -2.20. The van der Waals surface area contributed by atoms with Gasteiger partial charge in [-0.05, 0) is 0 Å². The number of halogens is 1. The third-order valence-electron chi connectivity index (χ3n) is 18.4. The van der Waals surface area contributed by atoms with E-state index < -0.39 is 18.1 Å². The SMILES string of the molecule is C#Cc1nc(C(=O)N(c2ccc(F)cc2)C(C(=O)NC(C)(C)C)[C]23[CH]4[CH]5[CH]6[CH]2[Fe]56432789[CH]3[CH]2[CH]7[CH]8[CH]39)cs1. The van der Waals surface area contributed by atoms with Crippen molar-refractivity contribution in [2.45, 2.75) is 80.0 Å². The molecule has 12 rings (SSSR count). The van der Waals surface area contributed by atoms with E-state index in [1.165, 1.54) is 23.5 Å². The van der Waals surface area contributed by atoms with Gasteiger partial charge in [0.15, 0.2) is 0 Å². The Bertz CT molecular complexity index is 1900. The van der Waals surface area contributed by atoms with E-state index >= 15 is 0 Å². The summed E-state index contributed by atoms with van der Waals surface area (Å²) in [5.74, 6) is 1.86. The van der Waals surface area contributed by atoms with E-state index in [4.69, 9.17) is 6.42 Å². The van der Waals surface area contributed by atoms with Crippen molar-refractivity contribution >= 4 is 28.8 Å². The first-order valence-corrected chi connectivity index (χ1v) is 20.1. The van der Waals surface area contributed by atoms with Crippen LogP contribution in [0.15, 0.2) is 29.6 Å². The normalized spacial score (nSPS) is 63.2. The molecule has 36 heavy (non-hydrogen) atoms. The van der Waals surface area contributed by atoms with Gasteiger partial charge in [0.1, 0.15) is 0 Å². The van der Waals surface area contributed by atoms with Gasteiger partial charge in [0.2, 0.25) is 0 Å². The Morgan fingerprint density at radius 1 is 1.11 bits per heavy atom. The zero-order valence-corrected chi connectivity index (χ0v) is 22.0. The number of nitrogens with one attached hydrogen (secondary N) is 1. The Morgan fingerprint density at radius 3 is 2.11 bits per heavy atom. The zero-order chi connectivity index (χ0) is 24.5. The predicted molar refractivity (Wildman–Crippen MR) is 131 cm³/mol. The van der Waals surface area contributed by atoms with Crippen molar-refractivity contribution in [1.29, 1.82) is 0 Å². The van der Waals surface area contributed by atoms with Crippen LogP contribution in [0, 0.1) is 18.2 Å². The third kappa shape index (κ3) is 0.437. The van der Waals surface area contributed by atoms with Crippen LogP contribution in [-0.2, 0) is 11.3 Å².